The Morgan fingerprint density at radius 1 is 1.30 bits per heavy atom. The van der Waals surface area contributed by atoms with Crippen molar-refractivity contribution in [3.63, 3.8) is 0 Å². The molecule has 5 nitrogen and oxygen atoms in total. The van der Waals surface area contributed by atoms with Gasteiger partial charge in [-0.3, -0.25) is 0 Å². The average molecular weight is 284 g/mol. The third kappa shape index (κ3) is 4.69. The summed E-state index contributed by atoms with van der Waals surface area (Å²) in [6.07, 6.45) is 4.77. The van der Waals surface area contributed by atoms with E-state index in [-0.39, 0.29) is 6.03 Å². The van der Waals surface area contributed by atoms with Gasteiger partial charge in [-0.15, -0.1) is 0 Å². The first-order valence-electron chi connectivity index (χ1n) is 7.69. The maximum absolute atomic E-state index is 11.9. The minimum atomic E-state index is -1.08. The second-order valence-electron chi connectivity index (χ2n) is 6.30. The van der Waals surface area contributed by atoms with E-state index in [1.54, 1.807) is 0 Å². The summed E-state index contributed by atoms with van der Waals surface area (Å²) in [4.78, 5) is 23.4. The van der Waals surface area contributed by atoms with Gasteiger partial charge in [0, 0.05) is 6.54 Å². The number of carbonyl (C=O) groups excluding carboxylic acids is 1. The van der Waals surface area contributed by atoms with E-state index in [1.807, 2.05) is 0 Å². The lowest BCUT2D eigenvalue weighted by atomic mass is 9.75. The van der Waals surface area contributed by atoms with Gasteiger partial charge >= 0.3 is 12.0 Å². The molecule has 1 aliphatic carbocycles. The Morgan fingerprint density at radius 2 is 1.90 bits per heavy atom. The van der Waals surface area contributed by atoms with Crippen molar-refractivity contribution in [2.24, 2.45) is 11.8 Å². The number of urea groups is 1. The van der Waals surface area contributed by atoms with Crippen molar-refractivity contribution in [1.29, 1.82) is 0 Å². The fourth-order valence-electron chi connectivity index (χ4n) is 2.71. The van der Waals surface area contributed by atoms with Crippen molar-refractivity contribution >= 4 is 12.0 Å². The van der Waals surface area contributed by atoms with Crippen LogP contribution in [0.15, 0.2) is 0 Å². The summed E-state index contributed by atoms with van der Waals surface area (Å²) < 4.78 is 0. The molecule has 0 saturated heterocycles. The first-order valence-corrected chi connectivity index (χ1v) is 7.69. The molecule has 1 fully saturated rings. The summed E-state index contributed by atoms with van der Waals surface area (Å²) in [5, 5.41) is 14.9. The Labute approximate surface area is 121 Å². The van der Waals surface area contributed by atoms with Gasteiger partial charge in [0.2, 0.25) is 0 Å². The van der Waals surface area contributed by atoms with Crippen LogP contribution in [-0.4, -0.2) is 29.2 Å². The molecule has 116 valence electrons. The molecule has 0 unspecified atom stereocenters. The molecule has 1 aliphatic rings. The highest BCUT2D eigenvalue weighted by Gasteiger charge is 2.42. The largest absolute Gasteiger partial charge is 0.480 e. The summed E-state index contributed by atoms with van der Waals surface area (Å²) in [7, 11) is 0. The lowest BCUT2D eigenvalue weighted by Gasteiger charge is -2.37. The topological polar surface area (TPSA) is 78.4 Å². The molecule has 1 saturated carbocycles. The molecule has 3 N–H and O–H groups in total. The van der Waals surface area contributed by atoms with Crippen LogP contribution in [0.4, 0.5) is 4.79 Å². The van der Waals surface area contributed by atoms with Gasteiger partial charge in [0.15, 0.2) is 0 Å². The van der Waals surface area contributed by atoms with Gasteiger partial charge in [-0.05, 0) is 43.9 Å². The number of carbonyl (C=O) groups is 2. The smallest absolute Gasteiger partial charge is 0.329 e. The minimum absolute atomic E-state index is 0.358. The molecule has 1 rings (SSSR count). The molecule has 5 heteroatoms. The molecule has 0 aromatic carbocycles. The summed E-state index contributed by atoms with van der Waals surface area (Å²) >= 11 is 0. The van der Waals surface area contributed by atoms with Crippen LogP contribution in [0, 0.1) is 11.8 Å². The summed E-state index contributed by atoms with van der Waals surface area (Å²) in [6, 6.07) is -0.358. The van der Waals surface area contributed by atoms with Crippen LogP contribution < -0.4 is 10.6 Å². The van der Waals surface area contributed by atoms with Gasteiger partial charge in [-0.1, -0.05) is 27.2 Å². The first-order chi connectivity index (χ1) is 9.39. The Kier molecular flexibility index (Phi) is 6.30. The quantitative estimate of drug-likeness (QED) is 0.701. The third-order valence-electron chi connectivity index (χ3n) is 4.31. The number of nitrogens with one attached hydrogen (secondary N) is 2. The van der Waals surface area contributed by atoms with Crippen molar-refractivity contribution < 1.29 is 14.7 Å². The third-order valence-corrected chi connectivity index (χ3v) is 4.31. The number of hydrogen-bond donors (Lipinski definition) is 3. The van der Waals surface area contributed by atoms with E-state index in [2.05, 4.69) is 31.4 Å². The number of aliphatic carboxylic acids is 1. The molecule has 2 amide bonds. The van der Waals surface area contributed by atoms with E-state index in [4.69, 9.17) is 0 Å². The second kappa shape index (κ2) is 7.50. The zero-order valence-corrected chi connectivity index (χ0v) is 12.9. The predicted octanol–water partition coefficient (Wildman–Crippen LogP) is 2.76. The number of hydrogen-bond acceptors (Lipinski definition) is 2. The number of carboxylic acid groups (broad SMARTS) is 1. The molecule has 20 heavy (non-hydrogen) atoms. The molecule has 0 spiro atoms. The fourth-order valence-corrected chi connectivity index (χ4v) is 2.71. The van der Waals surface area contributed by atoms with E-state index in [0.717, 1.165) is 25.7 Å². The maximum Gasteiger partial charge on any atom is 0.329 e. The lowest BCUT2D eigenvalue weighted by Crippen LogP contribution is -2.58. The molecular formula is C15H28N2O3. The van der Waals surface area contributed by atoms with Crippen LogP contribution in [0.3, 0.4) is 0 Å². The maximum atomic E-state index is 11.9. The predicted molar refractivity (Wildman–Crippen MR) is 78.6 cm³/mol. The van der Waals surface area contributed by atoms with Gasteiger partial charge in [-0.25, -0.2) is 9.59 Å². The molecule has 0 aromatic rings. The van der Waals surface area contributed by atoms with E-state index in [0.29, 0.717) is 31.2 Å². The van der Waals surface area contributed by atoms with Crippen LogP contribution in [0.25, 0.3) is 0 Å². The standard InChI is InChI=1S/C15H28N2O3/c1-4-12-5-8-15(9-6-12,13(18)19)17-14(20)16-10-7-11(2)3/h11-12H,4-10H2,1-3H3,(H,18,19)(H2,16,17,20). The van der Waals surface area contributed by atoms with Crippen LogP contribution in [0.2, 0.25) is 0 Å². The first kappa shape index (κ1) is 16.8. The second-order valence-corrected chi connectivity index (χ2v) is 6.30. The number of amides is 2. The zero-order chi connectivity index (χ0) is 15.2. The van der Waals surface area contributed by atoms with Crippen molar-refractivity contribution in [2.45, 2.75) is 64.8 Å². The average Bonchev–Trinajstić information content (AvgIpc) is 2.38. The Hall–Kier alpha value is -1.26. The molecule has 0 bridgehead atoms. The van der Waals surface area contributed by atoms with Crippen molar-refractivity contribution in [2.75, 3.05) is 6.54 Å². The van der Waals surface area contributed by atoms with Gasteiger partial charge in [0.25, 0.3) is 0 Å². The zero-order valence-electron chi connectivity index (χ0n) is 12.9. The summed E-state index contributed by atoms with van der Waals surface area (Å²) in [6.45, 7) is 6.88. The molecular weight excluding hydrogens is 256 g/mol. The van der Waals surface area contributed by atoms with Gasteiger partial charge in [0.05, 0.1) is 0 Å². The van der Waals surface area contributed by atoms with Crippen molar-refractivity contribution in [3.05, 3.63) is 0 Å². The molecule has 0 aromatic heterocycles. The minimum Gasteiger partial charge on any atom is -0.480 e. The van der Waals surface area contributed by atoms with Gasteiger partial charge in [0.1, 0.15) is 5.54 Å². The highest BCUT2D eigenvalue weighted by Crippen LogP contribution is 2.33. The number of carboxylic acids is 1. The van der Waals surface area contributed by atoms with E-state index in [9.17, 15) is 14.7 Å². The highest BCUT2D eigenvalue weighted by molar-refractivity contribution is 5.86. The van der Waals surface area contributed by atoms with E-state index < -0.39 is 11.5 Å². The summed E-state index contributed by atoms with van der Waals surface area (Å²) in [5.74, 6) is 0.197. The highest BCUT2D eigenvalue weighted by atomic mass is 16.4. The molecule has 0 atom stereocenters. The summed E-state index contributed by atoms with van der Waals surface area (Å²) in [5.41, 5.74) is -1.08. The van der Waals surface area contributed by atoms with Crippen molar-refractivity contribution in [3.8, 4) is 0 Å². The Balaban J connectivity index is 2.51. The van der Waals surface area contributed by atoms with E-state index >= 15 is 0 Å². The van der Waals surface area contributed by atoms with Crippen LogP contribution in [-0.2, 0) is 4.79 Å². The molecule has 0 aliphatic heterocycles. The lowest BCUT2D eigenvalue weighted by molar-refractivity contribution is -0.146. The van der Waals surface area contributed by atoms with Gasteiger partial charge < -0.3 is 15.7 Å². The fraction of sp³-hybridized carbons (Fsp3) is 0.867. The van der Waals surface area contributed by atoms with Crippen LogP contribution in [0.5, 0.6) is 0 Å². The van der Waals surface area contributed by atoms with Crippen LogP contribution >= 0.6 is 0 Å². The van der Waals surface area contributed by atoms with E-state index in [1.165, 1.54) is 0 Å². The Morgan fingerprint density at radius 3 is 2.35 bits per heavy atom. The number of rotatable bonds is 6. The SMILES string of the molecule is CCC1CCC(NC(=O)NCCC(C)C)(C(=O)O)CC1. The Bertz CT molecular complexity index is 334. The monoisotopic (exact) mass is 284 g/mol. The molecule has 0 heterocycles. The molecule has 0 radical (unpaired) electrons. The van der Waals surface area contributed by atoms with Crippen LogP contribution in [0.1, 0.15) is 59.3 Å². The van der Waals surface area contributed by atoms with Crippen molar-refractivity contribution in [1.82, 2.24) is 10.6 Å². The normalized spacial score (nSPS) is 26.3. The van der Waals surface area contributed by atoms with Gasteiger partial charge in [-0.2, -0.15) is 0 Å².